The molecule has 0 aliphatic carbocycles. The van der Waals surface area contributed by atoms with Crippen LogP contribution in [0.4, 0.5) is 11.5 Å². The first-order chi connectivity index (χ1) is 13.4. The molecule has 0 radical (unpaired) electrons. The summed E-state index contributed by atoms with van der Waals surface area (Å²) in [7, 11) is 1.76. The molecular formula is C22H20N4O2. The maximum Gasteiger partial charge on any atom is 0.242 e. The monoisotopic (exact) mass is 372 g/mol. The van der Waals surface area contributed by atoms with E-state index in [0.717, 1.165) is 28.1 Å². The average Bonchev–Trinajstić information content (AvgIpc) is 3.19. The zero-order valence-electron chi connectivity index (χ0n) is 16.0. The van der Waals surface area contributed by atoms with Crippen LogP contribution in [0.15, 0.2) is 48.7 Å². The van der Waals surface area contributed by atoms with Crippen LogP contribution in [0.2, 0.25) is 0 Å². The number of anilines is 2. The van der Waals surface area contributed by atoms with E-state index in [9.17, 15) is 9.59 Å². The van der Waals surface area contributed by atoms with Gasteiger partial charge in [-0.1, -0.05) is 24.3 Å². The molecule has 28 heavy (non-hydrogen) atoms. The van der Waals surface area contributed by atoms with Crippen molar-refractivity contribution < 1.29 is 9.59 Å². The summed E-state index contributed by atoms with van der Waals surface area (Å²) in [4.78, 5) is 27.8. The molecule has 0 saturated heterocycles. The number of likely N-dealkylation sites (N-methyl/N-ethyl adjacent to an activating group) is 1. The van der Waals surface area contributed by atoms with E-state index in [4.69, 9.17) is 0 Å². The van der Waals surface area contributed by atoms with E-state index in [-0.39, 0.29) is 18.2 Å². The number of nitrogens with one attached hydrogen (secondary N) is 1. The molecule has 2 aliphatic heterocycles. The number of nitrogens with zero attached hydrogens (tertiary/aromatic N) is 3. The summed E-state index contributed by atoms with van der Waals surface area (Å²) in [6, 6.07) is 13.7. The summed E-state index contributed by atoms with van der Waals surface area (Å²) in [6.45, 7) is 4.10. The first-order valence-electron chi connectivity index (χ1n) is 9.27. The molecule has 0 fully saturated rings. The summed E-state index contributed by atoms with van der Waals surface area (Å²) >= 11 is 0. The van der Waals surface area contributed by atoms with Gasteiger partial charge in [-0.05, 0) is 48.7 Å². The van der Waals surface area contributed by atoms with Crippen molar-refractivity contribution in [3.05, 3.63) is 70.9 Å². The van der Waals surface area contributed by atoms with Crippen LogP contribution < -0.4 is 10.2 Å². The maximum absolute atomic E-state index is 13.4. The Kier molecular flexibility index (Phi) is 3.32. The van der Waals surface area contributed by atoms with E-state index in [1.54, 1.807) is 22.8 Å². The van der Waals surface area contributed by atoms with Crippen LogP contribution in [0.3, 0.4) is 0 Å². The van der Waals surface area contributed by atoms with Gasteiger partial charge in [0.25, 0.3) is 0 Å². The summed E-state index contributed by atoms with van der Waals surface area (Å²) in [5, 5.41) is 7.51. The molecule has 2 amide bonds. The number of rotatable bonds is 1. The predicted molar refractivity (Wildman–Crippen MR) is 107 cm³/mol. The van der Waals surface area contributed by atoms with Crippen molar-refractivity contribution in [2.45, 2.75) is 25.7 Å². The van der Waals surface area contributed by atoms with Gasteiger partial charge in [0.15, 0.2) is 0 Å². The van der Waals surface area contributed by atoms with Crippen molar-refractivity contribution >= 4 is 23.3 Å². The predicted octanol–water partition coefficient (Wildman–Crippen LogP) is 3.09. The number of amides is 2. The van der Waals surface area contributed by atoms with E-state index in [1.165, 1.54) is 5.56 Å². The fraction of sp³-hybridized carbons (Fsp3) is 0.227. The quantitative estimate of drug-likeness (QED) is 0.714. The molecule has 1 unspecified atom stereocenters. The highest BCUT2D eigenvalue weighted by Gasteiger charge is 2.56. The van der Waals surface area contributed by atoms with Crippen molar-refractivity contribution in [3.8, 4) is 5.69 Å². The molecule has 0 saturated carbocycles. The molecule has 5 rings (SSSR count). The molecule has 2 aliphatic rings. The summed E-state index contributed by atoms with van der Waals surface area (Å²) in [6.07, 6.45) is 1.80. The molecule has 1 atom stereocenters. The fourth-order valence-corrected chi connectivity index (χ4v) is 4.42. The molecule has 1 spiro atoms. The van der Waals surface area contributed by atoms with Crippen LogP contribution in [0.5, 0.6) is 0 Å². The SMILES string of the molecule is Cc1ccc(-n2ncc3c2NC(=O)CC32C(=O)N(C)c3ccccc32)cc1C. The third-order valence-corrected chi connectivity index (χ3v) is 6.04. The lowest BCUT2D eigenvalue weighted by Crippen LogP contribution is -2.45. The molecule has 3 aromatic rings. The third kappa shape index (κ3) is 2.00. The van der Waals surface area contributed by atoms with Crippen molar-refractivity contribution in [3.63, 3.8) is 0 Å². The number of hydrogen-bond acceptors (Lipinski definition) is 3. The number of carbonyl (C=O) groups is 2. The number of aryl methyl sites for hydroxylation is 2. The van der Waals surface area contributed by atoms with E-state index in [1.807, 2.05) is 49.4 Å². The van der Waals surface area contributed by atoms with Gasteiger partial charge in [0.1, 0.15) is 11.2 Å². The van der Waals surface area contributed by atoms with Gasteiger partial charge in [-0.2, -0.15) is 5.10 Å². The van der Waals surface area contributed by atoms with Gasteiger partial charge < -0.3 is 10.2 Å². The van der Waals surface area contributed by atoms with Crippen LogP contribution in [-0.2, 0) is 15.0 Å². The highest BCUT2D eigenvalue weighted by atomic mass is 16.2. The minimum absolute atomic E-state index is 0.0821. The van der Waals surface area contributed by atoms with Crippen LogP contribution in [-0.4, -0.2) is 28.6 Å². The van der Waals surface area contributed by atoms with E-state index < -0.39 is 5.41 Å². The first-order valence-corrected chi connectivity index (χ1v) is 9.27. The number of hydrogen-bond donors (Lipinski definition) is 1. The Morgan fingerprint density at radius 2 is 1.82 bits per heavy atom. The average molecular weight is 372 g/mol. The molecule has 140 valence electrons. The smallest absolute Gasteiger partial charge is 0.242 e. The Morgan fingerprint density at radius 3 is 2.61 bits per heavy atom. The van der Waals surface area contributed by atoms with E-state index >= 15 is 0 Å². The largest absolute Gasteiger partial charge is 0.314 e. The molecule has 0 bridgehead atoms. The normalized spacial score (nSPS) is 20.3. The van der Waals surface area contributed by atoms with Crippen LogP contribution in [0.1, 0.15) is 28.7 Å². The van der Waals surface area contributed by atoms with Crippen molar-refractivity contribution in [2.24, 2.45) is 0 Å². The summed E-state index contributed by atoms with van der Waals surface area (Å²) in [5.41, 5.74) is 4.60. The Morgan fingerprint density at radius 1 is 1.04 bits per heavy atom. The molecule has 1 aromatic heterocycles. The number of carbonyl (C=O) groups excluding carboxylic acids is 2. The molecule has 2 aromatic carbocycles. The van der Waals surface area contributed by atoms with E-state index in [2.05, 4.69) is 17.3 Å². The maximum atomic E-state index is 13.4. The number of fused-ring (bicyclic) bond motifs is 4. The van der Waals surface area contributed by atoms with Crippen molar-refractivity contribution in [2.75, 3.05) is 17.3 Å². The lowest BCUT2D eigenvalue weighted by molar-refractivity contribution is -0.126. The topological polar surface area (TPSA) is 67.2 Å². The zero-order chi connectivity index (χ0) is 19.6. The molecule has 1 N–H and O–H groups in total. The lowest BCUT2D eigenvalue weighted by atomic mass is 9.72. The Bertz CT molecular complexity index is 1160. The third-order valence-electron chi connectivity index (χ3n) is 6.04. The van der Waals surface area contributed by atoms with Gasteiger partial charge in [0, 0.05) is 24.7 Å². The van der Waals surface area contributed by atoms with Crippen LogP contribution in [0, 0.1) is 13.8 Å². The number of aromatic nitrogens is 2. The standard InChI is InChI=1S/C22H20N4O2/c1-13-8-9-15(10-14(13)2)26-20-17(12-23-26)22(11-19(27)24-20)16-6-4-5-7-18(16)25(3)21(22)28/h4-10,12H,11H2,1-3H3,(H,24,27). The molecular weight excluding hydrogens is 352 g/mol. The van der Waals surface area contributed by atoms with Crippen molar-refractivity contribution in [1.29, 1.82) is 0 Å². The number of benzene rings is 2. The van der Waals surface area contributed by atoms with Gasteiger partial charge in [-0.3, -0.25) is 9.59 Å². The molecule has 3 heterocycles. The Balaban J connectivity index is 1.77. The van der Waals surface area contributed by atoms with Crippen molar-refractivity contribution in [1.82, 2.24) is 9.78 Å². The fourth-order valence-electron chi connectivity index (χ4n) is 4.42. The Labute approximate surface area is 162 Å². The molecule has 6 nitrogen and oxygen atoms in total. The summed E-state index contributed by atoms with van der Waals surface area (Å²) in [5.74, 6) is 0.291. The molecule has 6 heteroatoms. The first kappa shape index (κ1) is 16.7. The van der Waals surface area contributed by atoms with Crippen LogP contribution in [0.25, 0.3) is 5.69 Å². The van der Waals surface area contributed by atoms with E-state index in [0.29, 0.717) is 5.82 Å². The second-order valence-electron chi connectivity index (χ2n) is 7.60. The van der Waals surface area contributed by atoms with Gasteiger partial charge in [-0.25, -0.2) is 4.68 Å². The highest BCUT2D eigenvalue weighted by molar-refractivity contribution is 6.15. The minimum atomic E-state index is -1.03. The van der Waals surface area contributed by atoms with Crippen LogP contribution >= 0.6 is 0 Å². The zero-order valence-corrected chi connectivity index (χ0v) is 16.0. The lowest BCUT2D eigenvalue weighted by Gasteiger charge is -2.32. The van der Waals surface area contributed by atoms with Gasteiger partial charge >= 0.3 is 0 Å². The minimum Gasteiger partial charge on any atom is -0.314 e. The second kappa shape index (κ2) is 5.55. The van der Waals surface area contributed by atoms with Gasteiger partial charge in [-0.15, -0.1) is 0 Å². The Hall–Kier alpha value is -3.41. The van der Waals surface area contributed by atoms with Gasteiger partial charge in [0.05, 0.1) is 11.9 Å². The highest BCUT2D eigenvalue weighted by Crippen LogP contribution is 2.51. The summed E-state index contributed by atoms with van der Waals surface area (Å²) < 4.78 is 1.72. The second-order valence-corrected chi connectivity index (χ2v) is 7.60. The van der Waals surface area contributed by atoms with Gasteiger partial charge in [0.2, 0.25) is 11.8 Å². The number of para-hydroxylation sites is 1.